The number of carbonyl (C=O) groups excluding carboxylic acids is 1. The maximum absolute atomic E-state index is 13.2. The zero-order valence-corrected chi connectivity index (χ0v) is 12.5. The van der Waals surface area contributed by atoms with Crippen LogP contribution in [0.25, 0.3) is 0 Å². The monoisotopic (exact) mass is 295 g/mol. The highest BCUT2D eigenvalue weighted by Crippen LogP contribution is 2.15. The Kier molecular flexibility index (Phi) is 6.85. The lowest BCUT2D eigenvalue weighted by atomic mass is 9.96. The minimum atomic E-state index is -0.798. The molecule has 1 unspecified atom stereocenters. The largest absolute Gasteiger partial charge is 0.481 e. The van der Waals surface area contributed by atoms with Gasteiger partial charge in [0.15, 0.2) is 0 Å². The predicted molar refractivity (Wildman–Crippen MR) is 78.7 cm³/mol. The van der Waals surface area contributed by atoms with Gasteiger partial charge in [-0.3, -0.25) is 9.59 Å². The lowest BCUT2D eigenvalue weighted by Crippen LogP contribution is -2.26. The van der Waals surface area contributed by atoms with Gasteiger partial charge in [-0.15, -0.1) is 0 Å². The fourth-order valence-corrected chi connectivity index (χ4v) is 2.20. The molecule has 1 amide bonds. The maximum Gasteiger partial charge on any atom is 0.303 e. The molecular weight excluding hydrogens is 273 g/mol. The van der Waals surface area contributed by atoms with Crippen molar-refractivity contribution in [1.29, 1.82) is 0 Å². The van der Waals surface area contributed by atoms with Gasteiger partial charge >= 0.3 is 5.97 Å². The Labute approximate surface area is 124 Å². The van der Waals surface area contributed by atoms with Crippen LogP contribution < -0.4 is 5.32 Å². The Morgan fingerprint density at radius 2 is 2.05 bits per heavy atom. The fraction of sp³-hybridized carbons (Fsp3) is 0.500. The molecule has 0 aromatic heterocycles. The minimum absolute atomic E-state index is 0.148. The van der Waals surface area contributed by atoms with Crippen LogP contribution in [0.3, 0.4) is 0 Å². The van der Waals surface area contributed by atoms with Crippen LogP contribution in [-0.4, -0.2) is 23.5 Å². The number of amides is 1. The van der Waals surface area contributed by atoms with Gasteiger partial charge in [0.05, 0.1) is 0 Å². The molecule has 1 aromatic rings. The van der Waals surface area contributed by atoms with Crippen molar-refractivity contribution in [1.82, 2.24) is 5.32 Å². The van der Waals surface area contributed by atoms with Crippen molar-refractivity contribution < 1.29 is 19.1 Å². The summed E-state index contributed by atoms with van der Waals surface area (Å²) in [6.07, 6.45) is 2.36. The van der Waals surface area contributed by atoms with E-state index in [2.05, 4.69) is 5.32 Å². The van der Waals surface area contributed by atoms with Crippen molar-refractivity contribution in [2.45, 2.75) is 39.5 Å². The van der Waals surface area contributed by atoms with Crippen molar-refractivity contribution in [3.63, 3.8) is 0 Å². The van der Waals surface area contributed by atoms with Gasteiger partial charge in [0.25, 0.3) is 5.91 Å². The number of carbonyl (C=O) groups is 2. The Hall–Kier alpha value is -1.91. The Morgan fingerprint density at radius 3 is 2.67 bits per heavy atom. The zero-order valence-electron chi connectivity index (χ0n) is 12.5. The molecule has 2 N–H and O–H groups in total. The molecule has 4 nitrogen and oxygen atoms in total. The normalized spacial score (nSPS) is 12.0. The van der Waals surface area contributed by atoms with E-state index in [0.29, 0.717) is 18.5 Å². The highest BCUT2D eigenvalue weighted by Gasteiger charge is 2.12. The van der Waals surface area contributed by atoms with E-state index in [1.165, 1.54) is 12.1 Å². The van der Waals surface area contributed by atoms with Crippen LogP contribution >= 0.6 is 0 Å². The van der Waals surface area contributed by atoms with Crippen molar-refractivity contribution >= 4 is 11.9 Å². The molecular formula is C16H22FNO3. The number of rotatable bonds is 8. The van der Waals surface area contributed by atoms with Gasteiger partial charge < -0.3 is 10.4 Å². The molecule has 0 fully saturated rings. The molecule has 21 heavy (non-hydrogen) atoms. The van der Waals surface area contributed by atoms with Crippen molar-refractivity contribution in [2.24, 2.45) is 5.92 Å². The second-order valence-corrected chi connectivity index (χ2v) is 5.21. The number of aliphatic carboxylic acids is 1. The van der Waals surface area contributed by atoms with E-state index in [-0.39, 0.29) is 18.2 Å². The second kappa shape index (κ2) is 8.39. The third-order valence-corrected chi connectivity index (χ3v) is 3.63. The molecule has 0 bridgehead atoms. The van der Waals surface area contributed by atoms with Crippen LogP contribution in [0, 0.1) is 18.7 Å². The topological polar surface area (TPSA) is 66.4 Å². The summed E-state index contributed by atoms with van der Waals surface area (Å²) in [6.45, 7) is 4.23. The second-order valence-electron chi connectivity index (χ2n) is 5.21. The first-order chi connectivity index (χ1) is 9.93. The smallest absolute Gasteiger partial charge is 0.303 e. The van der Waals surface area contributed by atoms with Gasteiger partial charge in [0, 0.05) is 18.5 Å². The van der Waals surface area contributed by atoms with Crippen LogP contribution in [0.2, 0.25) is 0 Å². The van der Waals surface area contributed by atoms with Crippen molar-refractivity contribution in [3.05, 3.63) is 35.1 Å². The summed E-state index contributed by atoms with van der Waals surface area (Å²) in [5.41, 5.74) is 1.07. The summed E-state index contributed by atoms with van der Waals surface area (Å²) in [5, 5.41) is 11.4. The molecule has 0 aliphatic rings. The minimum Gasteiger partial charge on any atom is -0.481 e. The predicted octanol–water partition coefficient (Wildman–Crippen LogP) is 3.15. The summed E-state index contributed by atoms with van der Waals surface area (Å²) in [5.74, 6) is -1.25. The average Bonchev–Trinajstić information content (AvgIpc) is 2.44. The van der Waals surface area contributed by atoms with E-state index < -0.39 is 11.8 Å². The van der Waals surface area contributed by atoms with E-state index in [0.717, 1.165) is 18.4 Å². The SMILES string of the molecule is CCC(CCNC(=O)c1cc(F)ccc1C)CCC(=O)O. The Balaban J connectivity index is 2.45. The number of halogens is 1. The fourth-order valence-electron chi connectivity index (χ4n) is 2.20. The number of benzene rings is 1. The van der Waals surface area contributed by atoms with Crippen LogP contribution in [0.15, 0.2) is 18.2 Å². The average molecular weight is 295 g/mol. The van der Waals surface area contributed by atoms with E-state index in [1.54, 1.807) is 13.0 Å². The summed E-state index contributed by atoms with van der Waals surface area (Å²) in [7, 11) is 0. The van der Waals surface area contributed by atoms with Gasteiger partial charge in [0.2, 0.25) is 0 Å². The lowest BCUT2D eigenvalue weighted by molar-refractivity contribution is -0.137. The first kappa shape index (κ1) is 17.1. The van der Waals surface area contributed by atoms with Crippen LogP contribution in [0.5, 0.6) is 0 Å². The summed E-state index contributed by atoms with van der Waals surface area (Å²) in [4.78, 5) is 22.5. The first-order valence-corrected chi connectivity index (χ1v) is 7.20. The van der Waals surface area contributed by atoms with Gasteiger partial charge in [0.1, 0.15) is 5.82 Å². The van der Waals surface area contributed by atoms with Crippen LogP contribution in [-0.2, 0) is 4.79 Å². The highest BCUT2D eigenvalue weighted by molar-refractivity contribution is 5.95. The zero-order chi connectivity index (χ0) is 15.8. The van der Waals surface area contributed by atoms with Gasteiger partial charge in [-0.25, -0.2) is 4.39 Å². The molecule has 1 atom stereocenters. The lowest BCUT2D eigenvalue weighted by Gasteiger charge is -2.14. The first-order valence-electron chi connectivity index (χ1n) is 7.20. The Bertz CT molecular complexity index is 502. The summed E-state index contributed by atoms with van der Waals surface area (Å²) < 4.78 is 13.2. The number of aryl methyl sites for hydroxylation is 1. The molecule has 0 aliphatic carbocycles. The molecule has 0 saturated carbocycles. The highest BCUT2D eigenvalue weighted by atomic mass is 19.1. The molecule has 0 spiro atoms. The molecule has 0 heterocycles. The molecule has 0 aliphatic heterocycles. The number of hydrogen-bond acceptors (Lipinski definition) is 2. The van der Waals surface area contributed by atoms with Crippen molar-refractivity contribution in [2.75, 3.05) is 6.54 Å². The number of carboxylic acids is 1. The summed E-state index contributed by atoms with van der Waals surface area (Å²) in [6, 6.07) is 4.13. The maximum atomic E-state index is 13.2. The third kappa shape index (κ3) is 5.94. The molecule has 116 valence electrons. The van der Waals surface area contributed by atoms with Crippen molar-refractivity contribution in [3.8, 4) is 0 Å². The molecule has 5 heteroatoms. The number of nitrogens with one attached hydrogen (secondary N) is 1. The molecule has 1 rings (SSSR count). The third-order valence-electron chi connectivity index (χ3n) is 3.63. The molecule has 0 radical (unpaired) electrons. The van der Waals surface area contributed by atoms with Gasteiger partial charge in [-0.1, -0.05) is 19.4 Å². The van der Waals surface area contributed by atoms with E-state index >= 15 is 0 Å². The quantitative estimate of drug-likeness (QED) is 0.774. The van der Waals surface area contributed by atoms with Crippen LogP contribution in [0.4, 0.5) is 4.39 Å². The number of hydrogen-bond donors (Lipinski definition) is 2. The molecule has 1 aromatic carbocycles. The standard InChI is InChI=1S/C16H22FNO3/c1-3-12(5-7-15(19)20)8-9-18-16(21)14-10-13(17)6-4-11(14)2/h4,6,10,12H,3,5,7-9H2,1-2H3,(H,18,21)(H,19,20). The van der Waals surface area contributed by atoms with Gasteiger partial charge in [-0.2, -0.15) is 0 Å². The van der Waals surface area contributed by atoms with E-state index in [1.807, 2.05) is 6.92 Å². The van der Waals surface area contributed by atoms with E-state index in [9.17, 15) is 14.0 Å². The molecule has 0 saturated heterocycles. The Morgan fingerprint density at radius 1 is 1.33 bits per heavy atom. The van der Waals surface area contributed by atoms with E-state index in [4.69, 9.17) is 5.11 Å². The summed E-state index contributed by atoms with van der Waals surface area (Å²) >= 11 is 0. The van der Waals surface area contributed by atoms with Crippen LogP contribution in [0.1, 0.15) is 48.5 Å². The number of carboxylic acid groups (broad SMARTS) is 1. The van der Waals surface area contributed by atoms with Gasteiger partial charge in [-0.05, 0) is 43.4 Å².